The summed E-state index contributed by atoms with van der Waals surface area (Å²) in [6.45, 7) is 19.6. The number of hydrogen-bond acceptors (Lipinski definition) is 1. The van der Waals surface area contributed by atoms with E-state index < -0.39 is 0 Å². The highest BCUT2D eigenvalue weighted by Gasteiger charge is 1.89. The van der Waals surface area contributed by atoms with Crippen molar-refractivity contribution in [2.75, 3.05) is 6.61 Å². The van der Waals surface area contributed by atoms with E-state index in [-0.39, 0.29) is 0 Å². The Morgan fingerprint density at radius 2 is 0.909 bits per heavy atom. The van der Waals surface area contributed by atoms with Gasteiger partial charge in [-0.2, -0.15) is 0 Å². The van der Waals surface area contributed by atoms with Crippen molar-refractivity contribution >= 4 is 0 Å². The Balaban J connectivity index is -0.000000178. The van der Waals surface area contributed by atoms with Gasteiger partial charge in [-0.15, -0.1) is 6.58 Å². The lowest BCUT2D eigenvalue weighted by molar-refractivity contribution is 0.282. The van der Waals surface area contributed by atoms with Crippen molar-refractivity contribution in [2.24, 2.45) is 0 Å². The largest absolute Gasteiger partial charge is 0.396 e. The summed E-state index contributed by atoms with van der Waals surface area (Å²) in [6, 6.07) is 0. The second kappa shape index (κ2) is 48.2. The maximum Gasteiger partial charge on any atom is 0.0431 e. The average Bonchev–Trinajstić information content (AvgIpc) is 2.84. The lowest BCUT2D eigenvalue weighted by Gasteiger charge is -1.98. The first-order chi connectivity index (χ1) is 16.2. The predicted octanol–water partition coefficient (Wildman–Crippen LogP) is 11.3. The van der Waals surface area contributed by atoms with Gasteiger partial charge in [0.25, 0.3) is 0 Å². The van der Waals surface area contributed by atoms with Gasteiger partial charge in [0, 0.05) is 6.61 Å². The molecule has 33 heavy (non-hydrogen) atoms. The van der Waals surface area contributed by atoms with Crippen molar-refractivity contribution in [1.82, 2.24) is 0 Å². The number of aliphatic hydroxyl groups is 1. The van der Waals surface area contributed by atoms with Gasteiger partial charge in [-0.25, -0.2) is 0 Å². The Labute approximate surface area is 210 Å². The number of aliphatic hydroxyl groups excluding tert-OH is 1. The number of allylic oxidation sites excluding steroid dienone is 7. The zero-order valence-corrected chi connectivity index (χ0v) is 23.3. The molecule has 0 aromatic heterocycles. The van der Waals surface area contributed by atoms with Gasteiger partial charge in [-0.05, 0) is 51.4 Å². The van der Waals surface area contributed by atoms with Crippen LogP contribution < -0.4 is 0 Å². The van der Waals surface area contributed by atoms with Crippen molar-refractivity contribution in [3.8, 4) is 0 Å². The van der Waals surface area contributed by atoms with Crippen LogP contribution in [0.2, 0.25) is 0 Å². The van der Waals surface area contributed by atoms with Crippen LogP contribution in [0.3, 0.4) is 0 Å². The molecule has 1 heteroatoms. The third-order valence-electron chi connectivity index (χ3n) is 4.74. The Bertz CT molecular complexity index is 364. The second-order valence-electron chi connectivity index (χ2n) is 8.14. The van der Waals surface area contributed by atoms with E-state index in [0.29, 0.717) is 6.61 Å². The first-order valence-corrected chi connectivity index (χ1v) is 13.9. The van der Waals surface area contributed by atoms with E-state index in [2.05, 4.69) is 71.7 Å². The number of rotatable bonds is 19. The first-order valence-electron chi connectivity index (χ1n) is 13.9. The SMILES string of the molecule is C=CC=C.C=CCCC/C=C/CC.CC/C=C/CCCCC.CCCCCCCCCCO. The molecule has 0 rings (SSSR count). The third-order valence-corrected chi connectivity index (χ3v) is 4.74. The zero-order valence-electron chi connectivity index (χ0n) is 23.3. The summed E-state index contributed by atoms with van der Waals surface area (Å²) < 4.78 is 0. The van der Waals surface area contributed by atoms with Gasteiger partial charge < -0.3 is 5.11 Å². The summed E-state index contributed by atoms with van der Waals surface area (Å²) >= 11 is 0. The van der Waals surface area contributed by atoms with E-state index in [1.165, 1.54) is 89.9 Å². The van der Waals surface area contributed by atoms with Crippen LogP contribution in [-0.4, -0.2) is 11.7 Å². The lowest BCUT2D eigenvalue weighted by Crippen LogP contribution is -1.83. The van der Waals surface area contributed by atoms with Gasteiger partial charge in [0.15, 0.2) is 0 Å². The molecule has 0 fully saturated rings. The van der Waals surface area contributed by atoms with Gasteiger partial charge in [-0.1, -0.05) is 141 Å². The van der Waals surface area contributed by atoms with Gasteiger partial charge in [0.05, 0.1) is 0 Å². The van der Waals surface area contributed by atoms with Crippen LogP contribution in [0.1, 0.15) is 137 Å². The molecule has 0 aliphatic rings. The molecule has 196 valence electrons. The standard InChI is InChI=1S/C10H22O.C9H18.C9H16.C4H6/c1-2-3-4-5-6-7-8-9-10-11;2*1-3-5-7-9-8-6-4-2;1-3-4-2/h11H,2-10H2,1H3;5,7H,3-4,6,8-9H2,1-2H3;3,6,8H,1,4-5,7,9H2,2H3;3-4H,1-2H2/b;7-5+;8-6+;. The molecule has 0 bridgehead atoms. The Morgan fingerprint density at radius 1 is 0.485 bits per heavy atom. The Hall–Kier alpha value is -1.34. The average molecular weight is 463 g/mol. The summed E-state index contributed by atoms with van der Waals surface area (Å²) in [7, 11) is 0. The predicted molar refractivity (Wildman–Crippen MR) is 157 cm³/mol. The normalized spacial score (nSPS) is 9.85. The second-order valence-corrected chi connectivity index (χ2v) is 8.14. The molecular weight excluding hydrogens is 400 g/mol. The van der Waals surface area contributed by atoms with E-state index in [0.717, 1.165) is 19.3 Å². The van der Waals surface area contributed by atoms with Crippen molar-refractivity contribution < 1.29 is 5.11 Å². The van der Waals surface area contributed by atoms with Crippen molar-refractivity contribution in [2.45, 2.75) is 137 Å². The van der Waals surface area contributed by atoms with Crippen LogP contribution in [-0.2, 0) is 0 Å². The summed E-state index contributed by atoms with van der Waals surface area (Å²) in [5, 5.41) is 8.51. The Morgan fingerprint density at radius 3 is 1.30 bits per heavy atom. The zero-order chi connectivity index (χ0) is 25.7. The van der Waals surface area contributed by atoms with Crippen LogP contribution in [0.5, 0.6) is 0 Å². The molecule has 0 amide bonds. The lowest BCUT2D eigenvalue weighted by atomic mass is 10.1. The molecule has 0 aromatic rings. The molecule has 1 N–H and O–H groups in total. The van der Waals surface area contributed by atoms with Crippen molar-refractivity contribution in [1.29, 1.82) is 0 Å². The van der Waals surface area contributed by atoms with E-state index in [9.17, 15) is 0 Å². The molecule has 0 saturated carbocycles. The monoisotopic (exact) mass is 462 g/mol. The highest BCUT2D eigenvalue weighted by atomic mass is 16.2. The van der Waals surface area contributed by atoms with Gasteiger partial charge in [-0.3, -0.25) is 0 Å². The Kier molecular flexibility index (Phi) is 56.8. The van der Waals surface area contributed by atoms with Crippen LogP contribution >= 0.6 is 0 Å². The molecule has 1 nitrogen and oxygen atoms in total. The summed E-state index contributed by atoms with van der Waals surface area (Å²) in [5.74, 6) is 0. The molecule has 0 aliphatic carbocycles. The van der Waals surface area contributed by atoms with E-state index >= 15 is 0 Å². The topological polar surface area (TPSA) is 20.2 Å². The molecule has 0 heterocycles. The molecular formula is C32H62O. The van der Waals surface area contributed by atoms with Crippen LogP contribution in [0.15, 0.2) is 62.3 Å². The van der Waals surface area contributed by atoms with Gasteiger partial charge in [0.1, 0.15) is 0 Å². The molecule has 0 unspecified atom stereocenters. The molecule has 0 atom stereocenters. The minimum Gasteiger partial charge on any atom is -0.396 e. The highest BCUT2D eigenvalue weighted by Crippen LogP contribution is 2.07. The summed E-state index contributed by atoms with van der Waals surface area (Å²) in [6.07, 6.45) is 35.9. The molecule has 0 aliphatic heterocycles. The van der Waals surface area contributed by atoms with E-state index in [4.69, 9.17) is 5.11 Å². The quantitative estimate of drug-likeness (QED) is 0.115. The van der Waals surface area contributed by atoms with Crippen LogP contribution in [0, 0.1) is 0 Å². The maximum atomic E-state index is 8.51. The minimum atomic E-state index is 0.370. The molecule has 0 radical (unpaired) electrons. The third kappa shape index (κ3) is 65.2. The fourth-order valence-corrected chi connectivity index (χ4v) is 2.71. The van der Waals surface area contributed by atoms with Crippen molar-refractivity contribution in [3.63, 3.8) is 0 Å². The van der Waals surface area contributed by atoms with Crippen LogP contribution in [0.25, 0.3) is 0 Å². The fraction of sp³-hybridized carbons (Fsp3) is 0.688. The number of unbranched alkanes of at least 4 members (excludes halogenated alkanes) is 12. The van der Waals surface area contributed by atoms with Gasteiger partial charge >= 0.3 is 0 Å². The maximum absolute atomic E-state index is 8.51. The van der Waals surface area contributed by atoms with Crippen LogP contribution in [0.4, 0.5) is 0 Å². The smallest absolute Gasteiger partial charge is 0.0431 e. The fourth-order valence-electron chi connectivity index (χ4n) is 2.71. The van der Waals surface area contributed by atoms with Gasteiger partial charge in [0.2, 0.25) is 0 Å². The molecule has 0 saturated heterocycles. The number of hydrogen-bond donors (Lipinski definition) is 1. The highest BCUT2D eigenvalue weighted by molar-refractivity contribution is 4.88. The van der Waals surface area contributed by atoms with E-state index in [1.807, 2.05) is 6.08 Å². The minimum absolute atomic E-state index is 0.370. The van der Waals surface area contributed by atoms with E-state index in [1.54, 1.807) is 12.2 Å². The first kappa shape index (κ1) is 38.9. The summed E-state index contributed by atoms with van der Waals surface area (Å²) in [4.78, 5) is 0. The van der Waals surface area contributed by atoms with Crippen molar-refractivity contribution in [3.05, 3.63) is 62.3 Å². The molecule has 0 spiro atoms. The summed E-state index contributed by atoms with van der Waals surface area (Å²) in [5.41, 5.74) is 0. The molecule has 0 aromatic carbocycles.